The monoisotopic (exact) mass is 227 g/mol. The molecule has 0 aromatic heterocycles. The van der Waals surface area contributed by atoms with Gasteiger partial charge < -0.3 is 10.5 Å². The highest BCUT2D eigenvalue weighted by molar-refractivity contribution is 5.85. The molecule has 0 aliphatic heterocycles. The molecule has 0 spiro atoms. The maximum absolute atomic E-state index is 11.4. The Hall–Kier alpha value is -1.06. The zero-order valence-corrected chi connectivity index (χ0v) is 9.13. The lowest BCUT2D eigenvalue weighted by Crippen LogP contribution is -2.12. The molecule has 1 aromatic carbocycles. The molecule has 0 saturated heterocycles. The summed E-state index contributed by atoms with van der Waals surface area (Å²) in [5.74, 6) is 0.610. The summed E-state index contributed by atoms with van der Waals surface area (Å²) in [5, 5.41) is 0. The average molecular weight is 228 g/mol. The van der Waals surface area contributed by atoms with Crippen LogP contribution in [-0.2, 0) is 11.3 Å². The zero-order chi connectivity index (χ0) is 9.97. The summed E-state index contributed by atoms with van der Waals surface area (Å²) in [5.41, 5.74) is 6.40. The van der Waals surface area contributed by atoms with E-state index >= 15 is 0 Å². The Labute approximate surface area is 95.0 Å². The first kappa shape index (κ1) is 12.0. The lowest BCUT2D eigenvalue weighted by Gasteiger charge is -2.07. The SMILES string of the molecule is Cl.NCc1ccccc1OC(=O)C1CC1. The van der Waals surface area contributed by atoms with Gasteiger partial charge in [0.05, 0.1) is 5.92 Å². The van der Waals surface area contributed by atoms with Crippen molar-refractivity contribution in [1.82, 2.24) is 0 Å². The highest BCUT2D eigenvalue weighted by Gasteiger charge is 2.31. The first-order valence-electron chi connectivity index (χ1n) is 4.81. The van der Waals surface area contributed by atoms with Crippen LogP contribution in [0.2, 0.25) is 0 Å². The molecule has 1 aliphatic carbocycles. The van der Waals surface area contributed by atoms with Crippen LogP contribution in [0.25, 0.3) is 0 Å². The van der Waals surface area contributed by atoms with Crippen LogP contribution in [0.4, 0.5) is 0 Å². The van der Waals surface area contributed by atoms with Crippen molar-refractivity contribution < 1.29 is 9.53 Å². The predicted octanol–water partition coefficient (Wildman–Crippen LogP) is 1.88. The third-order valence-electron chi connectivity index (χ3n) is 2.31. The fraction of sp³-hybridized carbons (Fsp3) is 0.364. The molecule has 82 valence electrons. The number of hydrogen-bond acceptors (Lipinski definition) is 3. The molecule has 0 bridgehead atoms. The number of ether oxygens (including phenoxy) is 1. The molecular weight excluding hydrogens is 214 g/mol. The minimum atomic E-state index is -0.120. The van der Waals surface area contributed by atoms with Crippen LogP contribution in [0.3, 0.4) is 0 Å². The molecule has 4 heteroatoms. The summed E-state index contributed by atoms with van der Waals surface area (Å²) < 4.78 is 5.24. The van der Waals surface area contributed by atoms with E-state index in [4.69, 9.17) is 10.5 Å². The molecule has 1 saturated carbocycles. The Balaban J connectivity index is 0.00000112. The molecular formula is C11H14ClNO2. The fourth-order valence-electron chi connectivity index (χ4n) is 1.28. The number of hydrogen-bond donors (Lipinski definition) is 1. The van der Waals surface area contributed by atoms with E-state index in [1.165, 1.54) is 0 Å². The molecule has 2 N–H and O–H groups in total. The Bertz CT molecular complexity index is 350. The second kappa shape index (κ2) is 5.14. The van der Waals surface area contributed by atoms with Crippen LogP contribution < -0.4 is 10.5 Å². The van der Waals surface area contributed by atoms with E-state index in [-0.39, 0.29) is 24.3 Å². The summed E-state index contributed by atoms with van der Waals surface area (Å²) in [7, 11) is 0. The van der Waals surface area contributed by atoms with Crippen molar-refractivity contribution in [2.24, 2.45) is 11.7 Å². The molecule has 2 rings (SSSR count). The van der Waals surface area contributed by atoms with Crippen molar-refractivity contribution in [2.45, 2.75) is 19.4 Å². The van der Waals surface area contributed by atoms with E-state index in [1.807, 2.05) is 18.2 Å². The number of nitrogens with two attached hydrogens (primary N) is 1. The Kier molecular flexibility index (Phi) is 4.12. The minimum Gasteiger partial charge on any atom is -0.426 e. The van der Waals surface area contributed by atoms with Crippen LogP contribution in [0, 0.1) is 5.92 Å². The normalized spacial score (nSPS) is 14.2. The van der Waals surface area contributed by atoms with Crippen LogP contribution in [0.5, 0.6) is 5.75 Å². The number of para-hydroxylation sites is 1. The third kappa shape index (κ3) is 2.94. The molecule has 0 unspecified atom stereocenters. The molecule has 0 amide bonds. The van der Waals surface area contributed by atoms with Crippen molar-refractivity contribution in [3.8, 4) is 5.75 Å². The predicted molar refractivity (Wildman–Crippen MR) is 59.9 cm³/mol. The van der Waals surface area contributed by atoms with Crippen molar-refractivity contribution in [3.05, 3.63) is 29.8 Å². The van der Waals surface area contributed by atoms with Gasteiger partial charge >= 0.3 is 5.97 Å². The largest absolute Gasteiger partial charge is 0.426 e. The number of halogens is 1. The number of rotatable bonds is 3. The van der Waals surface area contributed by atoms with E-state index in [2.05, 4.69) is 0 Å². The number of carbonyl (C=O) groups is 1. The quantitative estimate of drug-likeness (QED) is 0.634. The Morgan fingerprint density at radius 1 is 1.40 bits per heavy atom. The van der Waals surface area contributed by atoms with E-state index in [0.717, 1.165) is 18.4 Å². The van der Waals surface area contributed by atoms with Gasteiger partial charge in [0.2, 0.25) is 0 Å². The number of esters is 1. The van der Waals surface area contributed by atoms with E-state index in [0.29, 0.717) is 12.3 Å². The maximum atomic E-state index is 11.4. The summed E-state index contributed by atoms with van der Waals surface area (Å²) >= 11 is 0. The topological polar surface area (TPSA) is 52.3 Å². The van der Waals surface area contributed by atoms with E-state index in [9.17, 15) is 4.79 Å². The van der Waals surface area contributed by atoms with Gasteiger partial charge in [0.25, 0.3) is 0 Å². The van der Waals surface area contributed by atoms with Gasteiger partial charge in [0.1, 0.15) is 5.75 Å². The van der Waals surface area contributed by atoms with Gasteiger partial charge in [0.15, 0.2) is 0 Å². The number of benzene rings is 1. The van der Waals surface area contributed by atoms with Gasteiger partial charge in [-0.1, -0.05) is 18.2 Å². The number of carbonyl (C=O) groups excluding carboxylic acids is 1. The Morgan fingerprint density at radius 3 is 2.67 bits per heavy atom. The average Bonchev–Trinajstić information content (AvgIpc) is 3.02. The summed E-state index contributed by atoms with van der Waals surface area (Å²) in [6.45, 7) is 0.397. The summed E-state index contributed by atoms with van der Waals surface area (Å²) in [6, 6.07) is 7.38. The summed E-state index contributed by atoms with van der Waals surface area (Å²) in [6.07, 6.45) is 1.92. The van der Waals surface area contributed by atoms with E-state index in [1.54, 1.807) is 6.07 Å². The van der Waals surface area contributed by atoms with Gasteiger partial charge in [0, 0.05) is 12.1 Å². The smallest absolute Gasteiger partial charge is 0.314 e. The van der Waals surface area contributed by atoms with Crippen LogP contribution in [0.15, 0.2) is 24.3 Å². The lowest BCUT2D eigenvalue weighted by atomic mass is 10.2. The van der Waals surface area contributed by atoms with Gasteiger partial charge in [-0.25, -0.2) is 0 Å². The highest BCUT2D eigenvalue weighted by Crippen LogP contribution is 2.31. The summed E-state index contributed by atoms with van der Waals surface area (Å²) in [4.78, 5) is 11.4. The molecule has 1 fully saturated rings. The first-order chi connectivity index (χ1) is 6.81. The van der Waals surface area contributed by atoms with Gasteiger partial charge in [-0.2, -0.15) is 0 Å². The van der Waals surface area contributed by atoms with Crippen molar-refractivity contribution in [3.63, 3.8) is 0 Å². The fourth-order valence-corrected chi connectivity index (χ4v) is 1.28. The first-order valence-corrected chi connectivity index (χ1v) is 4.81. The molecule has 0 heterocycles. The molecule has 1 aliphatic rings. The standard InChI is InChI=1S/C11H13NO2.ClH/c12-7-9-3-1-2-4-10(9)14-11(13)8-5-6-8;/h1-4,8H,5-7,12H2;1H. The van der Waals surface area contributed by atoms with Gasteiger partial charge in [-0.05, 0) is 18.9 Å². The van der Waals surface area contributed by atoms with Gasteiger partial charge in [-0.15, -0.1) is 12.4 Å². The van der Waals surface area contributed by atoms with Crippen LogP contribution in [-0.4, -0.2) is 5.97 Å². The lowest BCUT2D eigenvalue weighted by molar-refractivity contribution is -0.135. The van der Waals surface area contributed by atoms with Gasteiger partial charge in [-0.3, -0.25) is 4.79 Å². The highest BCUT2D eigenvalue weighted by atomic mass is 35.5. The zero-order valence-electron chi connectivity index (χ0n) is 8.31. The Morgan fingerprint density at radius 2 is 2.07 bits per heavy atom. The van der Waals surface area contributed by atoms with Crippen LogP contribution >= 0.6 is 12.4 Å². The molecule has 1 aromatic rings. The van der Waals surface area contributed by atoms with E-state index < -0.39 is 0 Å². The molecule has 3 nitrogen and oxygen atoms in total. The second-order valence-electron chi connectivity index (χ2n) is 3.51. The van der Waals surface area contributed by atoms with Crippen molar-refractivity contribution in [1.29, 1.82) is 0 Å². The van der Waals surface area contributed by atoms with Crippen molar-refractivity contribution in [2.75, 3.05) is 0 Å². The van der Waals surface area contributed by atoms with Crippen molar-refractivity contribution >= 4 is 18.4 Å². The maximum Gasteiger partial charge on any atom is 0.314 e. The minimum absolute atomic E-state index is 0. The molecule has 0 atom stereocenters. The third-order valence-corrected chi connectivity index (χ3v) is 2.31. The second-order valence-corrected chi connectivity index (χ2v) is 3.51. The molecule has 0 radical (unpaired) electrons. The van der Waals surface area contributed by atoms with Crippen LogP contribution in [0.1, 0.15) is 18.4 Å². The molecule has 15 heavy (non-hydrogen) atoms.